The van der Waals surface area contributed by atoms with Crippen molar-refractivity contribution in [1.29, 1.82) is 0 Å². The number of hydrogen-bond donors (Lipinski definition) is 0. The fraction of sp³-hybridized carbons (Fsp3) is 0.0370. The maximum Gasteiger partial charge on any atom is 0.0568 e. The topological polar surface area (TPSA) is 4.93 Å². The molecule has 1 nitrogen and oxygen atoms in total. The summed E-state index contributed by atoms with van der Waals surface area (Å²) in [6.45, 7) is 0. The molecular weight excluding hydrogens is 465 g/mol. The van der Waals surface area contributed by atoms with E-state index < -0.39 is 0 Å². The van der Waals surface area contributed by atoms with E-state index in [1.54, 1.807) is 0 Å². The number of hydrogen-bond acceptors (Lipinski definition) is 0. The molecule has 1 heterocycles. The van der Waals surface area contributed by atoms with Gasteiger partial charge >= 0.3 is 0 Å². The molecule has 0 saturated carbocycles. The lowest BCUT2D eigenvalue weighted by atomic mass is 9.96. The summed E-state index contributed by atoms with van der Waals surface area (Å²) in [5.41, 5.74) is 11.8. The van der Waals surface area contributed by atoms with Crippen LogP contribution in [0.15, 0.2) is 89.0 Å². The summed E-state index contributed by atoms with van der Waals surface area (Å²) in [5.74, 6) is 0. The van der Waals surface area contributed by atoms with E-state index in [1.165, 1.54) is 60.8 Å². The average molecular weight is 483 g/mol. The molecule has 0 spiro atoms. The minimum absolute atomic E-state index is 1.27. The van der Waals surface area contributed by atoms with Crippen LogP contribution < -0.4 is 0 Å². The van der Waals surface area contributed by atoms with Crippen LogP contribution in [0.4, 0.5) is 0 Å². The Morgan fingerprint density at radius 2 is 1.34 bits per heavy atom. The highest BCUT2D eigenvalue weighted by Gasteiger charge is 2.23. The first kappa shape index (κ1) is 17.0. The number of aryl methyl sites for hydroxylation is 1. The van der Waals surface area contributed by atoms with Crippen LogP contribution in [0.2, 0.25) is 0 Å². The van der Waals surface area contributed by atoms with Crippen LogP contribution in [0.25, 0.3) is 49.6 Å². The van der Waals surface area contributed by atoms with E-state index in [0.717, 1.165) is 0 Å². The summed E-state index contributed by atoms with van der Waals surface area (Å²) >= 11 is 2.36. The van der Waals surface area contributed by atoms with Crippen LogP contribution in [0, 0.1) is 0 Å². The second-order valence-corrected chi connectivity index (χ2v) is 8.23. The van der Waals surface area contributed by atoms with Gasteiger partial charge in [0.05, 0.1) is 5.52 Å². The lowest BCUT2D eigenvalue weighted by molar-refractivity contribution is 1.02. The molecule has 0 amide bonds. The monoisotopic (exact) mass is 483 g/mol. The zero-order chi connectivity index (χ0) is 19.5. The van der Waals surface area contributed by atoms with E-state index in [9.17, 15) is 0 Å². The first-order valence-corrected chi connectivity index (χ1v) is 11.0. The highest BCUT2D eigenvalue weighted by Crippen LogP contribution is 2.46. The van der Waals surface area contributed by atoms with Gasteiger partial charge in [0, 0.05) is 28.9 Å². The second kappa shape index (κ2) is 6.33. The van der Waals surface area contributed by atoms with Gasteiger partial charge in [-0.1, -0.05) is 95.4 Å². The van der Waals surface area contributed by atoms with Crippen LogP contribution in [0.3, 0.4) is 0 Å². The van der Waals surface area contributed by atoms with Crippen molar-refractivity contribution in [2.45, 2.75) is 0 Å². The molecule has 0 fully saturated rings. The smallest absolute Gasteiger partial charge is 0.0568 e. The Labute approximate surface area is 183 Å². The van der Waals surface area contributed by atoms with Crippen molar-refractivity contribution in [3.8, 4) is 22.3 Å². The van der Waals surface area contributed by atoms with Gasteiger partial charge < -0.3 is 4.57 Å². The Morgan fingerprint density at radius 1 is 0.655 bits per heavy atom. The van der Waals surface area contributed by atoms with Crippen LogP contribution in [0.1, 0.15) is 11.1 Å². The van der Waals surface area contributed by atoms with Gasteiger partial charge in [-0.25, -0.2) is 0 Å². The molecule has 0 unspecified atom stereocenters. The van der Waals surface area contributed by atoms with Crippen LogP contribution >= 0.6 is 22.6 Å². The van der Waals surface area contributed by atoms with Crippen LogP contribution in [0.5, 0.6) is 0 Å². The summed E-state index contributed by atoms with van der Waals surface area (Å²) < 4.78 is 4.53. The molecule has 29 heavy (non-hydrogen) atoms. The third kappa shape index (κ3) is 2.32. The highest BCUT2D eigenvalue weighted by molar-refractivity contribution is 14.1. The maximum atomic E-state index is 2.37. The lowest BCUT2D eigenvalue weighted by Gasteiger charge is -2.10. The standard InChI is InChI=1S/C27H18IN/c1-29-26-12-5-4-9-22(26)23-11-6-10-18(27(23)29)17-13-14-21-24(15-17)19-7-2-3-8-20(19)25(21)16-28/h2-16H,1H3/b25-16-. The molecular formula is C27H18IN. The van der Waals surface area contributed by atoms with Gasteiger partial charge in [-0.3, -0.25) is 0 Å². The molecule has 1 aromatic heterocycles. The van der Waals surface area contributed by atoms with E-state index in [0.29, 0.717) is 0 Å². The Kier molecular flexibility index (Phi) is 3.72. The van der Waals surface area contributed by atoms with Crippen LogP contribution in [-0.2, 0) is 7.05 Å². The molecule has 0 atom stereocenters. The minimum Gasteiger partial charge on any atom is -0.343 e. The van der Waals surface area contributed by atoms with Crippen molar-refractivity contribution in [2.24, 2.45) is 7.05 Å². The van der Waals surface area contributed by atoms with Gasteiger partial charge in [0.2, 0.25) is 0 Å². The van der Waals surface area contributed by atoms with E-state index in [1.807, 2.05) is 0 Å². The molecule has 0 N–H and O–H groups in total. The maximum absolute atomic E-state index is 2.37. The third-order valence-electron chi connectivity index (χ3n) is 6.16. The zero-order valence-electron chi connectivity index (χ0n) is 16.0. The molecule has 1 aliphatic carbocycles. The summed E-state index contributed by atoms with van der Waals surface area (Å²) in [5, 5.41) is 2.63. The highest BCUT2D eigenvalue weighted by atomic mass is 127. The summed E-state index contributed by atoms with van der Waals surface area (Å²) in [4.78, 5) is 0. The van der Waals surface area contributed by atoms with Gasteiger partial charge in [-0.2, -0.15) is 0 Å². The van der Waals surface area contributed by atoms with Gasteiger partial charge in [-0.15, -0.1) is 0 Å². The molecule has 0 radical (unpaired) electrons. The SMILES string of the molecule is Cn1c2ccccc2c2cccc(-c3ccc4c(c3)-c3ccccc3/C4=C/I)c21. The van der Waals surface area contributed by atoms with Gasteiger partial charge in [-0.05, 0) is 49.6 Å². The van der Waals surface area contributed by atoms with Crippen LogP contribution in [-0.4, -0.2) is 4.57 Å². The Bertz CT molecular complexity index is 1470. The summed E-state index contributed by atoms with van der Waals surface area (Å²) in [6, 6.07) is 31.0. The summed E-state index contributed by atoms with van der Waals surface area (Å²) in [7, 11) is 2.17. The molecule has 1 aliphatic rings. The van der Waals surface area contributed by atoms with E-state index in [2.05, 4.69) is 123 Å². The number of para-hydroxylation sites is 2. The quantitative estimate of drug-likeness (QED) is 0.210. The third-order valence-corrected chi connectivity index (χ3v) is 6.79. The molecule has 2 heteroatoms. The van der Waals surface area contributed by atoms with Gasteiger partial charge in [0.15, 0.2) is 0 Å². The number of nitrogens with zero attached hydrogens (tertiary/aromatic N) is 1. The fourth-order valence-electron chi connectivity index (χ4n) is 4.85. The van der Waals surface area contributed by atoms with Crippen molar-refractivity contribution in [3.63, 3.8) is 0 Å². The number of benzene rings is 4. The predicted octanol–water partition coefficient (Wildman–Crippen LogP) is 7.80. The number of halogens is 1. The molecule has 0 saturated heterocycles. The van der Waals surface area contributed by atoms with E-state index in [-0.39, 0.29) is 0 Å². The molecule has 5 aromatic rings. The molecule has 0 aliphatic heterocycles. The Hall–Kier alpha value is -2.85. The minimum atomic E-state index is 1.27. The van der Waals surface area contributed by atoms with Crippen molar-refractivity contribution in [2.75, 3.05) is 0 Å². The molecule has 0 bridgehead atoms. The summed E-state index contributed by atoms with van der Waals surface area (Å²) in [6.07, 6.45) is 0. The lowest BCUT2D eigenvalue weighted by Crippen LogP contribution is -1.90. The predicted molar refractivity (Wildman–Crippen MR) is 132 cm³/mol. The molecule has 6 rings (SSSR count). The van der Waals surface area contributed by atoms with Gasteiger partial charge in [0.25, 0.3) is 0 Å². The molecule has 4 aromatic carbocycles. The van der Waals surface area contributed by atoms with Crippen molar-refractivity contribution in [3.05, 3.63) is 100 Å². The van der Waals surface area contributed by atoms with E-state index >= 15 is 0 Å². The normalized spacial score (nSPS) is 13.9. The van der Waals surface area contributed by atoms with Crippen molar-refractivity contribution < 1.29 is 0 Å². The van der Waals surface area contributed by atoms with Crippen molar-refractivity contribution in [1.82, 2.24) is 4.57 Å². The van der Waals surface area contributed by atoms with E-state index in [4.69, 9.17) is 0 Å². The Balaban J connectivity index is 1.65. The number of fused-ring (bicyclic) bond motifs is 6. The zero-order valence-corrected chi connectivity index (χ0v) is 18.1. The first-order valence-electron chi connectivity index (χ1n) is 9.79. The van der Waals surface area contributed by atoms with Gasteiger partial charge in [0.1, 0.15) is 0 Å². The number of rotatable bonds is 1. The Morgan fingerprint density at radius 3 is 2.21 bits per heavy atom. The van der Waals surface area contributed by atoms with Crippen molar-refractivity contribution >= 4 is 50.0 Å². The first-order chi connectivity index (χ1) is 14.3. The molecule has 138 valence electrons. The average Bonchev–Trinajstić information content (AvgIpc) is 3.26. The fourth-order valence-corrected chi connectivity index (χ4v) is 5.53. The number of aromatic nitrogens is 1. The largest absolute Gasteiger partial charge is 0.343 e. The second-order valence-electron chi connectivity index (χ2n) is 7.61.